The van der Waals surface area contributed by atoms with E-state index in [9.17, 15) is 5.11 Å². The van der Waals surface area contributed by atoms with Gasteiger partial charge in [0.25, 0.3) is 0 Å². The van der Waals surface area contributed by atoms with Crippen molar-refractivity contribution in [2.75, 3.05) is 33.4 Å². The molecule has 1 saturated heterocycles. The molecule has 0 spiro atoms. The standard InChI is InChI=1S/C11H21NO2/c1-10(2)8-12(3)9-11(13)4-6-14-7-5-11/h13H,1,4-9H2,2-3H3. The van der Waals surface area contributed by atoms with Crippen LogP contribution in [-0.4, -0.2) is 49.0 Å². The van der Waals surface area contributed by atoms with Crippen LogP contribution >= 0.6 is 0 Å². The van der Waals surface area contributed by atoms with Crippen LogP contribution in [-0.2, 0) is 4.74 Å². The van der Waals surface area contributed by atoms with Crippen molar-refractivity contribution in [2.45, 2.75) is 25.4 Å². The molecule has 1 aliphatic heterocycles. The van der Waals surface area contributed by atoms with E-state index in [4.69, 9.17) is 4.74 Å². The molecule has 0 saturated carbocycles. The molecular formula is C11H21NO2. The Bertz CT molecular complexity index is 197. The van der Waals surface area contributed by atoms with Crippen molar-refractivity contribution in [1.82, 2.24) is 4.90 Å². The number of rotatable bonds is 4. The molecule has 0 aromatic rings. The maximum atomic E-state index is 10.2. The molecule has 0 bridgehead atoms. The van der Waals surface area contributed by atoms with Crippen molar-refractivity contribution < 1.29 is 9.84 Å². The van der Waals surface area contributed by atoms with Crippen LogP contribution in [0.5, 0.6) is 0 Å². The molecule has 0 aromatic carbocycles. The molecule has 1 aliphatic rings. The van der Waals surface area contributed by atoms with Crippen LogP contribution in [0.15, 0.2) is 12.2 Å². The molecule has 0 aliphatic carbocycles. The van der Waals surface area contributed by atoms with Gasteiger partial charge in [-0.15, -0.1) is 0 Å². The van der Waals surface area contributed by atoms with Gasteiger partial charge < -0.3 is 9.84 Å². The van der Waals surface area contributed by atoms with Crippen LogP contribution in [0.1, 0.15) is 19.8 Å². The lowest BCUT2D eigenvalue weighted by atomic mass is 9.94. The van der Waals surface area contributed by atoms with Gasteiger partial charge in [-0.05, 0) is 14.0 Å². The minimum absolute atomic E-state index is 0.553. The van der Waals surface area contributed by atoms with E-state index in [1.54, 1.807) is 0 Å². The van der Waals surface area contributed by atoms with Crippen LogP contribution < -0.4 is 0 Å². The third-order valence-electron chi connectivity index (χ3n) is 2.53. The molecule has 14 heavy (non-hydrogen) atoms. The summed E-state index contributed by atoms with van der Waals surface area (Å²) in [7, 11) is 2.02. The minimum Gasteiger partial charge on any atom is -0.388 e. The summed E-state index contributed by atoms with van der Waals surface area (Å²) in [4.78, 5) is 2.12. The summed E-state index contributed by atoms with van der Waals surface area (Å²) in [6.45, 7) is 8.79. The molecule has 3 nitrogen and oxygen atoms in total. The van der Waals surface area contributed by atoms with Crippen molar-refractivity contribution in [3.8, 4) is 0 Å². The fourth-order valence-electron chi connectivity index (χ4n) is 1.93. The summed E-state index contributed by atoms with van der Waals surface area (Å²) in [6.07, 6.45) is 1.49. The van der Waals surface area contributed by atoms with Crippen molar-refractivity contribution in [2.24, 2.45) is 0 Å². The van der Waals surface area contributed by atoms with Gasteiger partial charge in [0.2, 0.25) is 0 Å². The summed E-state index contributed by atoms with van der Waals surface area (Å²) >= 11 is 0. The molecule has 3 heteroatoms. The van der Waals surface area contributed by atoms with Gasteiger partial charge in [-0.2, -0.15) is 0 Å². The number of aliphatic hydroxyl groups is 1. The highest BCUT2D eigenvalue weighted by atomic mass is 16.5. The van der Waals surface area contributed by atoms with Crippen LogP contribution in [0.3, 0.4) is 0 Å². The second-order valence-electron chi connectivity index (χ2n) is 4.47. The van der Waals surface area contributed by atoms with Gasteiger partial charge in [0, 0.05) is 39.1 Å². The number of nitrogens with zero attached hydrogens (tertiary/aromatic N) is 1. The summed E-state index contributed by atoms with van der Waals surface area (Å²) in [5, 5.41) is 10.2. The Balaban J connectivity index is 2.36. The second-order valence-corrected chi connectivity index (χ2v) is 4.47. The van der Waals surface area contributed by atoms with E-state index >= 15 is 0 Å². The Morgan fingerprint density at radius 1 is 1.50 bits per heavy atom. The average Bonchev–Trinajstić information content (AvgIpc) is 2.02. The van der Waals surface area contributed by atoms with Gasteiger partial charge in [0.05, 0.1) is 5.60 Å². The van der Waals surface area contributed by atoms with Crippen molar-refractivity contribution in [3.05, 3.63) is 12.2 Å². The van der Waals surface area contributed by atoms with E-state index in [1.807, 2.05) is 14.0 Å². The molecule has 1 fully saturated rings. The fourth-order valence-corrected chi connectivity index (χ4v) is 1.93. The Morgan fingerprint density at radius 3 is 2.57 bits per heavy atom. The zero-order chi connectivity index (χ0) is 10.6. The highest BCUT2D eigenvalue weighted by Gasteiger charge is 2.30. The Morgan fingerprint density at radius 2 is 2.07 bits per heavy atom. The highest BCUT2D eigenvalue weighted by Crippen LogP contribution is 2.21. The SMILES string of the molecule is C=C(C)CN(C)CC1(O)CCOCC1. The Labute approximate surface area is 86.4 Å². The summed E-state index contributed by atoms with van der Waals surface area (Å²) in [5.74, 6) is 0. The summed E-state index contributed by atoms with van der Waals surface area (Å²) in [6, 6.07) is 0. The van der Waals surface area contributed by atoms with Crippen molar-refractivity contribution in [1.29, 1.82) is 0 Å². The average molecular weight is 199 g/mol. The predicted octanol–water partition coefficient (Wildman–Crippen LogP) is 1.04. The lowest BCUT2D eigenvalue weighted by Crippen LogP contribution is -2.45. The van der Waals surface area contributed by atoms with Gasteiger partial charge in [-0.3, -0.25) is 4.90 Å². The number of ether oxygens (including phenoxy) is 1. The van der Waals surface area contributed by atoms with Gasteiger partial charge in [-0.25, -0.2) is 0 Å². The fraction of sp³-hybridized carbons (Fsp3) is 0.818. The molecule has 1 N–H and O–H groups in total. The first-order chi connectivity index (χ1) is 6.52. The third-order valence-corrected chi connectivity index (χ3v) is 2.53. The molecule has 0 atom stereocenters. The normalized spacial score (nSPS) is 21.1. The van der Waals surface area contributed by atoms with Crippen molar-refractivity contribution in [3.63, 3.8) is 0 Å². The lowest BCUT2D eigenvalue weighted by Gasteiger charge is -2.35. The third kappa shape index (κ3) is 3.78. The maximum absolute atomic E-state index is 10.2. The lowest BCUT2D eigenvalue weighted by molar-refractivity contribution is -0.0758. The van der Waals surface area contributed by atoms with E-state index in [0.29, 0.717) is 19.8 Å². The highest BCUT2D eigenvalue weighted by molar-refractivity contribution is 4.93. The number of hydrogen-bond donors (Lipinski definition) is 1. The van der Waals surface area contributed by atoms with E-state index in [2.05, 4.69) is 11.5 Å². The van der Waals surface area contributed by atoms with E-state index in [-0.39, 0.29) is 0 Å². The summed E-state index contributed by atoms with van der Waals surface area (Å²) < 4.78 is 5.23. The first-order valence-corrected chi connectivity index (χ1v) is 5.15. The zero-order valence-electron chi connectivity index (χ0n) is 9.25. The van der Waals surface area contributed by atoms with Crippen LogP contribution in [0.25, 0.3) is 0 Å². The monoisotopic (exact) mass is 199 g/mol. The maximum Gasteiger partial charge on any atom is 0.0817 e. The minimum atomic E-state index is -0.553. The first-order valence-electron chi connectivity index (χ1n) is 5.15. The molecule has 82 valence electrons. The summed E-state index contributed by atoms with van der Waals surface area (Å²) in [5.41, 5.74) is 0.575. The smallest absolute Gasteiger partial charge is 0.0817 e. The van der Waals surface area contributed by atoms with Crippen LogP contribution in [0.2, 0.25) is 0 Å². The van der Waals surface area contributed by atoms with Crippen LogP contribution in [0, 0.1) is 0 Å². The molecule has 1 heterocycles. The van der Waals surface area contributed by atoms with Gasteiger partial charge in [-0.1, -0.05) is 12.2 Å². The number of likely N-dealkylation sites (N-methyl/N-ethyl adjacent to an activating group) is 1. The molecular weight excluding hydrogens is 178 g/mol. The topological polar surface area (TPSA) is 32.7 Å². The molecule has 0 unspecified atom stereocenters. The van der Waals surface area contributed by atoms with Gasteiger partial charge in [0.1, 0.15) is 0 Å². The van der Waals surface area contributed by atoms with Gasteiger partial charge >= 0.3 is 0 Å². The van der Waals surface area contributed by atoms with Gasteiger partial charge in [0.15, 0.2) is 0 Å². The molecule has 0 amide bonds. The predicted molar refractivity (Wildman–Crippen MR) is 57.3 cm³/mol. The Kier molecular flexibility index (Phi) is 4.11. The largest absolute Gasteiger partial charge is 0.388 e. The molecule has 0 radical (unpaired) electrons. The quantitative estimate of drug-likeness (QED) is 0.687. The van der Waals surface area contributed by atoms with E-state index in [0.717, 1.165) is 25.0 Å². The van der Waals surface area contributed by atoms with Crippen molar-refractivity contribution >= 4 is 0 Å². The molecule has 0 aromatic heterocycles. The van der Waals surface area contributed by atoms with E-state index in [1.165, 1.54) is 0 Å². The van der Waals surface area contributed by atoms with E-state index < -0.39 is 5.60 Å². The number of hydrogen-bond acceptors (Lipinski definition) is 3. The zero-order valence-corrected chi connectivity index (χ0v) is 9.25. The second kappa shape index (κ2) is 4.91. The van der Waals surface area contributed by atoms with Crippen LogP contribution in [0.4, 0.5) is 0 Å². The first kappa shape index (κ1) is 11.7. The molecule has 1 rings (SSSR count). The Hall–Kier alpha value is -0.380.